The maximum Gasteiger partial charge on any atom is 0.338 e. The number of hydrogen-bond donors (Lipinski definition) is 2. The molecule has 1 aliphatic heterocycles. The molecule has 1 heterocycles. The minimum Gasteiger partial charge on any atom is -0.490 e. The monoisotopic (exact) mass is 505 g/mol. The SMILES string of the molecule is CCOC(=O)C1=C(C)OC(N)=C(C#N)C1c1ccc(OCC(=O)Nc2ccc(C)c(C)c2)c(OCC)c1. The van der Waals surface area contributed by atoms with Gasteiger partial charge in [0.2, 0.25) is 5.88 Å². The second-order valence-corrected chi connectivity index (χ2v) is 8.39. The Morgan fingerprint density at radius 3 is 2.43 bits per heavy atom. The third kappa shape index (κ3) is 6.22. The number of carbonyl (C=O) groups excluding carboxylic acids is 2. The molecular weight excluding hydrogens is 474 g/mol. The van der Waals surface area contributed by atoms with E-state index in [9.17, 15) is 14.9 Å². The van der Waals surface area contributed by atoms with Gasteiger partial charge in [-0.2, -0.15) is 5.26 Å². The summed E-state index contributed by atoms with van der Waals surface area (Å²) in [5.74, 6) is -0.903. The summed E-state index contributed by atoms with van der Waals surface area (Å²) in [6.07, 6.45) is 0. The Morgan fingerprint density at radius 2 is 1.78 bits per heavy atom. The molecule has 1 atom stereocenters. The van der Waals surface area contributed by atoms with Crippen LogP contribution in [0.3, 0.4) is 0 Å². The van der Waals surface area contributed by atoms with Crippen LogP contribution in [0.2, 0.25) is 0 Å². The highest BCUT2D eigenvalue weighted by molar-refractivity contribution is 5.93. The molecule has 0 radical (unpaired) electrons. The quantitative estimate of drug-likeness (QED) is 0.480. The summed E-state index contributed by atoms with van der Waals surface area (Å²) in [5, 5.41) is 12.6. The van der Waals surface area contributed by atoms with Gasteiger partial charge in [0, 0.05) is 5.69 Å². The number of aryl methyl sites for hydroxylation is 2. The number of amides is 1. The first-order valence-corrected chi connectivity index (χ1v) is 11.9. The molecule has 9 heteroatoms. The molecule has 0 fully saturated rings. The molecule has 3 N–H and O–H groups in total. The van der Waals surface area contributed by atoms with Crippen LogP contribution in [0.15, 0.2) is 59.2 Å². The predicted molar refractivity (Wildman–Crippen MR) is 138 cm³/mol. The van der Waals surface area contributed by atoms with Gasteiger partial charge in [0.1, 0.15) is 17.4 Å². The maximum absolute atomic E-state index is 12.8. The third-order valence-corrected chi connectivity index (χ3v) is 5.85. The van der Waals surface area contributed by atoms with E-state index in [1.165, 1.54) is 0 Å². The van der Waals surface area contributed by atoms with E-state index in [2.05, 4.69) is 5.32 Å². The van der Waals surface area contributed by atoms with Gasteiger partial charge in [0.25, 0.3) is 5.91 Å². The first kappa shape index (κ1) is 27.1. The van der Waals surface area contributed by atoms with E-state index in [1.54, 1.807) is 32.0 Å². The fraction of sp³-hybridized carbons (Fsp3) is 0.321. The molecule has 0 bridgehead atoms. The molecule has 1 aliphatic rings. The van der Waals surface area contributed by atoms with Crippen LogP contribution in [-0.4, -0.2) is 31.7 Å². The zero-order valence-electron chi connectivity index (χ0n) is 21.6. The van der Waals surface area contributed by atoms with Gasteiger partial charge in [0.15, 0.2) is 18.1 Å². The summed E-state index contributed by atoms with van der Waals surface area (Å²) in [6, 6.07) is 12.7. The Labute approximate surface area is 216 Å². The zero-order valence-corrected chi connectivity index (χ0v) is 21.6. The van der Waals surface area contributed by atoms with Crippen LogP contribution in [0.4, 0.5) is 5.69 Å². The van der Waals surface area contributed by atoms with Crippen molar-refractivity contribution in [3.05, 3.63) is 75.9 Å². The normalized spacial score (nSPS) is 15.0. The first-order valence-electron chi connectivity index (χ1n) is 11.9. The number of nitrogens with two attached hydrogens (primary N) is 1. The van der Waals surface area contributed by atoms with Crippen LogP contribution in [0.5, 0.6) is 11.5 Å². The summed E-state index contributed by atoms with van der Waals surface area (Å²) >= 11 is 0. The van der Waals surface area contributed by atoms with Crippen LogP contribution in [0, 0.1) is 25.2 Å². The number of carbonyl (C=O) groups is 2. The number of hydrogen-bond acceptors (Lipinski definition) is 8. The third-order valence-electron chi connectivity index (χ3n) is 5.85. The molecule has 0 spiro atoms. The van der Waals surface area contributed by atoms with Crippen LogP contribution in [-0.2, 0) is 19.1 Å². The molecule has 0 saturated heterocycles. The highest BCUT2D eigenvalue weighted by Crippen LogP contribution is 2.42. The van der Waals surface area contributed by atoms with Gasteiger partial charge >= 0.3 is 5.97 Å². The summed E-state index contributed by atoms with van der Waals surface area (Å²) < 4.78 is 22.2. The second-order valence-electron chi connectivity index (χ2n) is 8.39. The number of allylic oxidation sites excluding steroid dienone is 2. The lowest BCUT2D eigenvalue weighted by atomic mass is 9.83. The number of nitrogens with zero attached hydrogens (tertiary/aromatic N) is 1. The Morgan fingerprint density at radius 1 is 1.03 bits per heavy atom. The molecule has 3 rings (SSSR count). The highest BCUT2D eigenvalue weighted by atomic mass is 16.5. The topological polar surface area (TPSA) is 133 Å². The van der Waals surface area contributed by atoms with Crippen molar-refractivity contribution < 1.29 is 28.5 Å². The Balaban J connectivity index is 1.88. The van der Waals surface area contributed by atoms with Crippen molar-refractivity contribution in [3.63, 3.8) is 0 Å². The smallest absolute Gasteiger partial charge is 0.338 e. The second kappa shape index (κ2) is 12.0. The molecular formula is C28H31N3O6. The van der Waals surface area contributed by atoms with Crippen LogP contribution in [0.25, 0.3) is 0 Å². The van der Waals surface area contributed by atoms with E-state index in [0.29, 0.717) is 29.4 Å². The fourth-order valence-corrected chi connectivity index (χ4v) is 3.94. The number of esters is 1. The van der Waals surface area contributed by atoms with Crippen molar-refractivity contribution in [1.82, 2.24) is 0 Å². The Hall–Kier alpha value is -4.45. The zero-order chi connectivity index (χ0) is 27.1. The molecule has 1 amide bonds. The lowest BCUT2D eigenvalue weighted by Gasteiger charge is -2.27. The molecule has 194 valence electrons. The fourth-order valence-electron chi connectivity index (χ4n) is 3.94. The highest BCUT2D eigenvalue weighted by Gasteiger charge is 2.36. The van der Waals surface area contributed by atoms with Crippen molar-refractivity contribution in [1.29, 1.82) is 5.26 Å². The van der Waals surface area contributed by atoms with E-state index >= 15 is 0 Å². The largest absolute Gasteiger partial charge is 0.490 e. The van der Waals surface area contributed by atoms with E-state index in [0.717, 1.165) is 11.1 Å². The number of ether oxygens (including phenoxy) is 4. The van der Waals surface area contributed by atoms with Gasteiger partial charge in [-0.15, -0.1) is 0 Å². The van der Waals surface area contributed by atoms with Gasteiger partial charge in [-0.1, -0.05) is 12.1 Å². The van der Waals surface area contributed by atoms with Crippen LogP contribution < -0.4 is 20.5 Å². The molecule has 1 unspecified atom stereocenters. The van der Waals surface area contributed by atoms with Gasteiger partial charge < -0.3 is 30.0 Å². The van der Waals surface area contributed by atoms with E-state index in [-0.39, 0.29) is 41.9 Å². The lowest BCUT2D eigenvalue weighted by molar-refractivity contribution is -0.139. The summed E-state index contributed by atoms with van der Waals surface area (Å²) in [5.41, 5.74) is 9.67. The molecule has 0 saturated carbocycles. The van der Waals surface area contributed by atoms with Crippen molar-refractivity contribution >= 4 is 17.6 Å². The average Bonchev–Trinajstić information content (AvgIpc) is 2.85. The Bertz CT molecular complexity index is 1310. The van der Waals surface area contributed by atoms with E-state index < -0.39 is 11.9 Å². The lowest BCUT2D eigenvalue weighted by Crippen LogP contribution is -2.25. The van der Waals surface area contributed by atoms with E-state index in [1.807, 2.05) is 45.0 Å². The molecule has 37 heavy (non-hydrogen) atoms. The molecule has 9 nitrogen and oxygen atoms in total. The number of anilines is 1. The van der Waals surface area contributed by atoms with Gasteiger partial charge in [-0.05, 0) is 75.6 Å². The number of nitriles is 1. The minimum absolute atomic E-state index is 0.0811. The average molecular weight is 506 g/mol. The first-order chi connectivity index (χ1) is 17.7. The number of nitrogens with one attached hydrogen (secondary N) is 1. The molecule has 2 aromatic carbocycles. The van der Waals surface area contributed by atoms with E-state index in [4.69, 9.17) is 24.7 Å². The van der Waals surface area contributed by atoms with Crippen molar-refractivity contribution in [2.75, 3.05) is 25.1 Å². The summed E-state index contributed by atoms with van der Waals surface area (Å²) in [6.45, 7) is 9.31. The molecule has 2 aromatic rings. The van der Waals surface area contributed by atoms with Crippen molar-refractivity contribution in [3.8, 4) is 17.6 Å². The molecule has 0 aliphatic carbocycles. The number of rotatable bonds is 9. The summed E-state index contributed by atoms with van der Waals surface area (Å²) in [4.78, 5) is 25.3. The van der Waals surface area contributed by atoms with Crippen LogP contribution >= 0.6 is 0 Å². The molecule has 0 aromatic heterocycles. The predicted octanol–water partition coefficient (Wildman–Crippen LogP) is 4.36. The standard InChI is InChI=1S/C28H31N3O6/c1-6-34-23-13-19(26-21(14-29)27(30)37-18(5)25(26)28(33)35-7-2)9-11-22(23)36-15-24(32)31-20-10-8-16(3)17(4)12-20/h8-13,26H,6-7,15,30H2,1-5H3,(H,31,32). The summed E-state index contributed by atoms with van der Waals surface area (Å²) in [7, 11) is 0. The van der Waals surface area contributed by atoms with Crippen molar-refractivity contribution in [2.24, 2.45) is 5.73 Å². The van der Waals surface area contributed by atoms with Crippen LogP contribution in [0.1, 0.15) is 43.4 Å². The minimum atomic E-state index is -0.820. The van der Waals surface area contributed by atoms with Gasteiger partial charge in [0.05, 0.1) is 24.7 Å². The van der Waals surface area contributed by atoms with Gasteiger partial charge in [-0.3, -0.25) is 4.79 Å². The van der Waals surface area contributed by atoms with Crippen molar-refractivity contribution in [2.45, 2.75) is 40.5 Å². The Kier molecular flexibility index (Phi) is 8.80. The number of benzene rings is 2. The van der Waals surface area contributed by atoms with Gasteiger partial charge in [-0.25, -0.2) is 4.79 Å². The maximum atomic E-state index is 12.8.